The Morgan fingerprint density at radius 2 is 0.536 bits per heavy atom. The standard InChI is InChI=1S/C126H132N4O2S6/c1-11-19-27-35-47-81-59-82(48-36-28-20-12-2)64-93(63-81)125(94-65-83(49-37-29-21-13-3)60-84(66-94)50-38-30-22-14-4)111-117-107(77-97(133-117)75-103-109(105(79-127)129-9)99-71-89-55-43-45-57-91(89)73-101(99)115(103)131)135-119(111)121-113(125)123-124(137-121)114-122(138-123)120-112(118-108(136-120)78-98(134-118)76-104-110(106(80-128)130-10)100-72-90-56-44-46-58-92(90)74-102(100)116(104)132)126(114,95-67-85(51-39-31-23-15-5)61-86(68-95)52-40-32-24-16-6)96-69-87(53-41-33-25-17-7)62-88(70-96)54-42-34-26-18-8/h43-46,55-78H,11-42,47-54H2,1-8H3/b103-75-,104-76-,109-105-,110-106+. The minimum Gasteiger partial charge on any atom is -0.289 e. The summed E-state index contributed by atoms with van der Waals surface area (Å²) in [5.74, 6) is -0.325. The molecular weight excluding hydrogens is 1790 g/mol. The number of unbranched alkanes of at least 4 members (excludes halogenated alkanes) is 24. The van der Waals surface area contributed by atoms with Gasteiger partial charge in [0.25, 0.3) is 11.4 Å². The number of Topliss-reactive ketones (excluding diaryl/α,β-unsaturated/α-hetero) is 2. The smallest absolute Gasteiger partial charge is 0.270 e. The zero-order valence-electron chi connectivity index (χ0n) is 82.5. The maximum Gasteiger partial charge on any atom is 0.270 e. The molecule has 0 N–H and O–H groups in total. The zero-order chi connectivity index (χ0) is 95.6. The van der Waals surface area contributed by atoms with Crippen molar-refractivity contribution in [3.05, 3.63) is 324 Å². The Morgan fingerprint density at radius 1 is 0.297 bits per heavy atom. The van der Waals surface area contributed by atoms with Crippen molar-refractivity contribution in [2.45, 2.75) is 323 Å². The predicted octanol–water partition coefficient (Wildman–Crippen LogP) is 38.4. The van der Waals surface area contributed by atoms with E-state index >= 15 is 9.59 Å². The fraction of sp³-hybridized carbons (Fsp3) is 0.397. The highest BCUT2D eigenvalue weighted by atomic mass is 32.1. The van der Waals surface area contributed by atoms with Gasteiger partial charge in [0.2, 0.25) is 0 Å². The minimum absolute atomic E-state index is 0.0753. The van der Waals surface area contributed by atoms with Crippen molar-refractivity contribution < 1.29 is 9.59 Å². The molecular formula is C126H132N4O2S6. The number of aryl methyl sites for hydroxylation is 8. The molecule has 0 spiro atoms. The average Bonchev–Trinajstić information content (AvgIpc) is 1.48. The molecule has 4 aliphatic rings. The van der Waals surface area contributed by atoms with Gasteiger partial charge in [-0.3, -0.25) is 9.59 Å². The van der Waals surface area contributed by atoms with E-state index in [4.69, 9.17) is 13.1 Å². The highest BCUT2D eigenvalue weighted by Crippen LogP contribution is 2.73. The Morgan fingerprint density at radius 3 is 0.775 bits per heavy atom. The lowest BCUT2D eigenvalue weighted by Crippen LogP contribution is -2.30. The molecule has 0 amide bonds. The Bertz CT molecular complexity index is 6550. The summed E-state index contributed by atoms with van der Waals surface area (Å²) < 4.78 is 7.54. The van der Waals surface area contributed by atoms with E-state index in [1.54, 1.807) is 22.7 Å². The van der Waals surface area contributed by atoms with Crippen LogP contribution in [-0.4, -0.2) is 11.6 Å². The van der Waals surface area contributed by atoms with Crippen LogP contribution in [-0.2, 0) is 62.2 Å². The number of hydrogen-bond acceptors (Lipinski definition) is 10. The second-order valence-electron chi connectivity index (χ2n) is 39.9. The number of carbonyl (C=O) groups is 2. The summed E-state index contributed by atoms with van der Waals surface area (Å²) in [6.45, 7) is 35.8. The van der Waals surface area contributed by atoms with E-state index in [2.05, 4.69) is 185 Å². The number of rotatable bonds is 46. The molecule has 138 heavy (non-hydrogen) atoms. The van der Waals surface area contributed by atoms with Crippen LogP contribution in [0.25, 0.3) is 102 Å². The summed E-state index contributed by atoms with van der Waals surface area (Å²) in [6, 6.07) is 65.6. The first-order chi connectivity index (χ1) is 67.7. The summed E-state index contributed by atoms with van der Waals surface area (Å²) in [5.41, 5.74) is 24.3. The molecule has 0 atom stereocenters. The molecule has 0 saturated carbocycles. The number of carbonyl (C=O) groups excluding carboxylic acids is 2. The number of hydrogen-bond donors (Lipinski definition) is 0. The highest BCUT2D eigenvalue weighted by Gasteiger charge is 2.57. The highest BCUT2D eigenvalue weighted by molar-refractivity contribution is 7.37. The van der Waals surface area contributed by atoms with Crippen LogP contribution < -0.4 is 0 Å². The van der Waals surface area contributed by atoms with Gasteiger partial charge in [-0.05, 0) is 251 Å². The molecule has 0 aliphatic heterocycles. The van der Waals surface area contributed by atoms with Gasteiger partial charge >= 0.3 is 0 Å². The van der Waals surface area contributed by atoms with Crippen molar-refractivity contribution in [1.29, 1.82) is 10.5 Å². The van der Waals surface area contributed by atoms with Crippen molar-refractivity contribution in [2.24, 2.45) is 0 Å². The first-order valence-electron chi connectivity index (χ1n) is 52.6. The first-order valence-corrected chi connectivity index (χ1v) is 57.5. The quantitative estimate of drug-likeness (QED) is 0.0165. The van der Waals surface area contributed by atoms with Crippen LogP contribution in [0.15, 0.2) is 180 Å². The van der Waals surface area contributed by atoms with E-state index in [0.29, 0.717) is 44.5 Å². The number of nitriles is 2. The molecule has 4 aliphatic carbocycles. The molecule has 12 heteroatoms. The summed E-state index contributed by atoms with van der Waals surface area (Å²) in [7, 11) is 0. The molecule has 8 aromatic carbocycles. The third-order valence-electron chi connectivity index (χ3n) is 30.0. The van der Waals surface area contributed by atoms with Gasteiger partial charge in [0.1, 0.15) is 0 Å². The van der Waals surface area contributed by atoms with Crippen LogP contribution in [0.5, 0.6) is 0 Å². The fourth-order valence-electron chi connectivity index (χ4n) is 23.2. The van der Waals surface area contributed by atoms with Crippen molar-refractivity contribution in [2.75, 3.05) is 0 Å². The Kier molecular flexibility index (Phi) is 31.6. The van der Waals surface area contributed by atoms with E-state index in [1.165, 1.54) is 291 Å². The van der Waals surface area contributed by atoms with Gasteiger partial charge < -0.3 is 0 Å². The molecule has 0 fully saturated rings. The average molecular weight is 1930 g/mol. The molecule has 14 aromatic rings. The summed E-state index contributed by atoms with van der Waals surface area (Å²) in [4.78, 5) is 46.2. The summed E-state index contributed by atoms with van der Waals surface area (Å²) >= 11 is 11.6. The Labute approximate surface area is 844 Å². The maximum absolute atomic E-state index is 15.6. The zero-order valence-corrected chi connectivity index (χ0v) is 87.4. The van der Waals surface area contributed by atoms with Crippen molar-refractivity contribution in [3.63, 3.8) is 0 Å². The number of fused-ring (bicyclic) bond motifs is 17. The fourth-order valence-corrected chi connectivity index (χ4v) is 32.0. The topological polar surface area (TPSA) is 90.4 Å². The SMILES string of the molecule is [C-]#[N+]/C(C#N)=C1\C(=C\c2cc3sc4c(c3s2)C(c2cc(CCCCCC)cc(CCCCCC)c2)(c2cc(CCCCCC)cc(CCCCCC)c2)c2c-4sc3c4c(sc23)-c2sc3cc(/C=C5\C(=O)c6cc7ccccc7cc6\C5=C(\C#N)[N+]#[C-])sc3c2C4(c2cc(CCCCCC)cc(CCCCCC)c2)c2cc(CCCCCC)cc(CCCCCC)c2)C(=O)c2cc3ccccc3cc21. The first kappa shape index (κ1) is 97.7. The number of allylic oxidation sites excluding steroid dienone is 6. The molecule has 0 saturated heterocycles. The Balaban J connectivity index is 0.986. The van der Waals surface area contributed by atoms with Gasteiger partial charge in [-0.1, -0.05) is 331 Å². The van der Waals surface area contributed by atoms with Crippen LogP contribution in [0.3, 0.4) is 0 Å². The number of benzene rings is 8. The molecule has 6 nitrogen and oxygen atoms in total. The van der Waals surface area contributed by atoms with Gasteiger partial charge in [0.15, 0.2) is 11.6 Å². The van der Waals surface area contributed by atoms with Gasteiger partial charge in [-0.15, -0.1) is 68.0 Å². The largest absolute Gasteiger partial charge is 0.289 e. The van der Waals surface area contributed by atoms with E-state index in [0.717, 1.165) is 134 Å². The van der Waals surface area contributed by atoms with Gasteiger partial charge in [0, 0.05) is 74.8 Å². The maximum atomic E-state index is 15.6. The van der Waals surface area contributed by atoms with Crippen LogP contribution in [0.2, 0.25) is 0 Å². The van der Waals surface area contributed by atoms with Gasteiger partial charge in [-0.25, -0.2) is 20.2 Å². The van der Waals surface area contributed by atoms with Crippen molar-refractivity contribution in [3.8, 4) is 31.6 Å². The van der Waals surface area contributed by atoms with Gasteiger partial charge in [-0.2, -0.15) is 0 Å². The lowest BCUT2D eigenvalue weighted by molar-refractivity contribution is 0.103. The third-order valence-corrected chi connectivity index (χ3v) is 37.6. The van der Waals surface area contributed by atoms with Crippen LogP contribution in [0.4, 0.5) is 0 Å². The number of nitrogens with zero attached hydrogens (tertiary/aromatic N) is 4. The lowest BCUT2D eigenvalue weighted by Gasteiger charge is -2.35. The number of thiophene rings is 6. The molecule has 0 unspecified atom stereocenters. The van der Waals surface area contributed by atoms with E-state index in [1.807, 2.05) is 108 Å². The number of ketones is 2. The second-order valence-corrected chi connectivity index (χ2v) is 46.2. The minimum atomic E-state index is -0.874. The predicted molar refractivity (Wildman–Crippen MR) is 594 cm³/mol. The molecule has 0 bridgehead atoms. The molecule has 704 valence electrons. The van der Waals surface area contributed by atoms with E-state index in [9.17, 15) is 10.5 Å². The monoisotopic (exact) mass is 1920 g/mol. The van der Waals surface area contributed by atoms with Crippen LogP contribution in [0, 0.1) is 35.8 Å². The van der Waals surface area contributed by atoms with E-state index in [-0.39, 0.29) is 23.0 Å². The summed E-state index contributed by atoms with van der Waals surface area (Å²) in [5, 5.41) is 25.8. The Hall–Kier alpha value is -10.5. The van der Waals surface area contributed by atoms with Crippen LogP contribution in [0.1, 0.15) is 391 Å². The second kappa shape index (κ2) is 44.6. The normalized spacial score (nSPS) is 15.1. The lowest BCUT2D eigenvalue weighted by atomic mass is 9.65. The molecule has 6 aromatic heterocycles. The molecule has 18 rings (SSSR count). The molecule has 0 radical (unpaired) electrons. The summed E-state index contributed by atoms with van der Waals surface area (Å²) in [6.07, 6.45) is 49.2. The van der Waals surface area contributed by atoms with Crippen molar-refractivity contribution >= 4 is 153 Å². The molecule has 6 heterocycles. The van der Waals surface area contributed by atoms with Gasteiger partial charge in [0.05, 0.1) is 74.4 Å². The third kappa shape index (κ3) is 19.1. The van der Waals surface area contributed by atoms with Crippen LogP contribution >= 0.6 is 68.0 Å². The van der Waals surface area contributed by atoms with Crippen molar-refractivity contribution in [1.82, 2.24) is 0 Å². The van der Waals surface area contributed by atoms with E-state index < -0.39 is 10.8 Å².